The highest BCUT2D eigenvalue weighted by atomic mass is 79.9. The third kappa shape index (κ3) is 4.39. The van der Waals surface area contributed by atoms with E-state index < -0.39 is 5.82 Å². The molecule has 4 nitrogen and oxygen atoms in total. The zero-order chi connectivity index (χ0) is 15.2. The number of hydrogen-bond donors (Lipinski definition) is 1. The standard InChI is InChI=1S/C15H11BrFNO3/c16-11-2-1-3-13(7-11)18-15(20)9-21-14-5-4-12(17)6-10(14)8-19/h1-8H,9H2,(H,18,20). The predicted octanol–water partition coefficient (Wildman–Crippen LogP) is 3.42. The van der Waals surface area contributed by atoms with E-state index in [1.165, 1.54) is 6.07 Å². The third-order valence-electron chi connectivity index (χ3n) is 2.57. The van der Waals surface area contributed by atoms with Crippen LogP contribution in [0.3, 0.4) is 0 Å². The molecule has 6 heteroatoms. The van der Waals surface area contributed by atoms with E-state index in [4.69, 9.17) is 4.74 Å². The van der Waals surface area contributed by atoms with Crippen molar-refractivity contribution in [2.45, 2.75) is 0 Å². The number of ether oxygens (including phenoxy) is 1. The summed E-state index contributed by atoms with van der Waals surface area (Å²) in [5.41, 5.74) is 0.679. The topological polar surface area (TPSA) is 55.4 Å². The maximum Gasteiger partial charge on any atom is 0.262 e. The molecule has 0 heterocycles. The normalized spacial score (nSPS) is 10.0. The van der Waals surface area contributed by atoms with E-state index in [2.05, 4.69) is 21.2 Å². The Bertz CT molecular complexity index is 676. The Labute approximate surface area is 129 Å². The molecule has 21 heavy (non-hydrogen) atoms. The van der Waals surface area contributed by atoms with Crippen LogP contribution < -0.4 is 10.1 Å². The van der Waals surface area contributed by atoms with Gasteiger partial charge in [0.2, 0.25) is 0 Å². The van der Waals surface area contributed by atoms with Crippen molar-refractivity contribution in [2.24, 2.45) is 0 Å². The van der Waals surface area contributed by atoms with Crippen molar-refractivity contribution in [1.29, 1.82) is 0 Å². The van der Waals surface area contributed by atoms with E-state index in [1.54, 1.807) is 18.2 Å². The Hall–Kier alpha value is -2.21. The van der Waals surface area contributed by atoms with Gasteiger partial charge >= 0.3 is 0 Å². The molecule has 108 valence electrons. The first-order valence-electron chi connectivity index (χ1n) is 6.01. The van der Waals surface area contributed by atoms with E-state index in [-0.39, 0.29) is 23.8 Å². The van der Waals surface area contributed by atoms with E-state index in [0.717, 1.165) is 16.6 Å². The van der Waals surface area contributed by atoms with Crippen molar-refractivity contribution in [1.82, 2.24) is 0 Å². The number of hydrogen-bond acceptors (Lipinski definition) is 3. The summed E-state index contributed by atoms with van der Waals surface area (Å²) in [5.74, 6) is -0.756. The number of halogens is 2. The minimum Gasteiger partial charge on any atom is -0.483 e. The first kappa shape index (κ1) is 15.2. The maximum absolute atomic E-state index is 13.0. The highest BCUT2D eigenvalue weighted by Crippen LogP contribution is 2.18. The number of rotatable bonds is 5. The lowest BCUT2D eigenvalue weighted by Gasteiger charge is -2.09. The summed E-state index contributed by atoms with van der Waals surface area (Å²) in [4.78, 5) is 22.6. The van der Waals surface area contributed by atoms with Gasteiger partial charge in [-0.3, -0.25) is 9.59 Å². The van der Waals surface area contributed by atoms with Gasteiger partial charge in [-0.25, -0.2) is 4.39 Å². The molecule has 0 saturated carbocycles. The second-order valence-corrected chi connectivity index (χ2v) is 5.06. The average Bonchev–Trinajstić information content (AvgIpc) is 2.45. The molecule has 0 aliphatic rings. The van der Waals surface area contributed by atoms with E-state index in [0.29, 0.717) is 12.0 Å². The molecule has 0 aromatic heterocycles. The fourth-order valence-electron chi connectivity index (χ4n) is 1.65. The molecule has 0 atom stereocenters. The Balaban J connectivity index is 1.97. The lowest BCUT2D eigenvalue weighted by Crippen LogP contribution is -2.20. The number of nitrogens with one attached hydrogen (secondary N) is 1. The maximum atomic E-state index is 13.0. The molecule has 0 radical (unpaired) electrons. The lowest BCUT2D eigenvalue weighted by atomic mass is 10.2. The van der Waals surface area contributed by atoms with E-state index in [1.807, 2.05) is 6.07 Å². The molecule has 1 amide bonds. The molecule has 0 saturated heterocycles. The summed E-state index contributed by atoms with van der Waals surface area (Å²) >= 11 is 3.30. The zero-order valence-electron chi connectivity index (χ0n) is 10.8. The van der Waals surface area contributed by atoms with Crippen LogP contribution in [0.5, 0.6) is 5.75 Å². The molecule has 0 fully saturated rings. The predicted molar refractivity (Wildman–Crippen MR) is 80.1 cm³/mol. The van der Waals surface area contributed by atoms with Crippen LogP contribution in [0.15, 0.2) is 46.9 Å². The highest BCUT2D eigenvalue weighted by molar-refractivity contribution is 9.10. The summed E-state index contributed by atoms with van der Waals surface area (Å²) in [5, 5.41) is 2.65. The van der Waals surface area contributed by atoms with Crippen LogP contribution in [0.1, 0.15) is 10.4 Å². The number of aldehydes is 1. The number of carbonyl (C=O) groups is 2. The Morgan fingerprint density at radius 3 is 2.81 bits per heavy atom. The Morgan fingerprint density at radius 1 is 1.29 bits per heavy atom. The average molecular weight is 352 g/mol. The van der Waals surface area contributed by atoms with Crippen LogP contribution in [0.25, 0.3) is 0 Å². The largest absolute Gasteiger partial charge is 0.483 e. The monoisotopic (exact) mass is 351 g/mol. The zero-order valence-corrected chi connectivity index (χ0v) is 12.4. The first-order chi connectivity index (χ1) is 10.1. The van der Waals surface area contributed by atoms with E-state index in [9.17, 15) is 14.0 Å². The molecule has 0 bridgehead atoms. The molecule has 2 aromatic rings. The van der Waals surface area contributed by atoms with Gasteiger partial charge < -0.3 is 10.1 Å². The van der Waals surface area contributed by atoms with Gasteiger partial charge in [-0.2, -0.15) is 0 Å². The molecule has 1 N–H and O–H groups in total. The molecule has 2 rings (SSSR count). The minimum atomic E-state index is -0.539. The number of anilines is 1. The van der Waals surface area contributed by atoms with Crippen LogP contribution >= 0.6 is 15.9 Å². The first-order valence-corrected chi connectivity index (χ1v) is 6.81. The molecular weight excluding hydrogens is 341 g/mol. The molecule has 0 aliphatic heterocycles. The van der Waals surface area contributed by atoms with Gasteiger partial charge in [0.15, 0.2) is 12.9 Å². The summed E-state index contributed by atoms with van der Waals surface area (Å²) in [6, 6.07) is 10.6. The van der Waals surface area contributed by atoms with Crippen molar-refractivity contribution < 1.29 is 18.7 Å². The second-order valence-electron chi connectivity index (χ2n) is 4.15. The van der Waals surface area contributed by atoms with Gasteiger partial charge in [-0.15, -0.1) is 0 Å². The fraction of sp³-hybridized carbons (Fsp3) is 0.0667. The van der Waals surface area contributed by atoms with Crippen molar-refractivity contribution >= 4 is 33.8 Å². The third-order valence-corrected chi connectivity index (χ3v) is 3.06. The van der Waals surface area contributed by atoms with Gasteiger partial charge in [0.25, 0.3) is 5.91 Å². The fourth-order valence-corrected chi connectivity index (χ4v) is 2.05. The van der Waals surface area contributed by atoms with Crippen molar-refractivity contribution in [3.05, 3.63) is 58.3 Å². The van der Waals surface area contributed by atoms with E-state index >= 15 is 0 Å². The van der Waals surface area contributed by atoms with Crippen LogP contribution in [0.2, 0.25) is 0 Å². The smallest absolute Gasteiger partial charge is 0.262 e. The van der Waals surface area contributed by atoms with Gasteiger partial charge in [-0.05, 0) is 36.4 Å². The molecular formula is C15H11BrFNO3. The van der Waals surface area contributed by atoms with Crippen LogP contribution in [0.4, 0.5) is 10.1 Å². The van der Waals surface area contributed by atoms with Gasteiger partial charge in [0.1, 0.15) is 11.6 Å². The summed E-state index contributed by atoms with van der Waals surface area (Å²) < 4.78 is 19.0. The lowest BCUT2D eigenvalue weighted by molar-refractivity contribution is -0.118. The summed E-state index contributed by atoms with van der Waals surface area (Å²) in [7, 11) is 0. The van der Waals surface area contributed by atoms with Crippen molar-refractivity contribution in [3.8, 4) is 5.75 Å². The van der Waals surface area contributed by atoms with Crippen molar-refractivity contribution in [2.75, 3.05) is 11.9 Å². The Kier molecular flexibility index (Phi) is 5.05. The summed E-state index contributed by atoms with van der Waals surface area (Å²) in [6.45, 7) is -0.279. The van der Waals surface area contributed by atoms with Crippen molar-refractivity contribution in [3.63, 3.8) is 0 Å². The van der Waals surface area contributed by atoms with Crippen LogP contribution in [-0.2, 0) is 4.79 Å². The quantitative estimate of drug-likeness (QED) is 0.839. The number of benzene rings is 2. The molecule has 2 aromatic carbocycles. The number of amides is 1. The Morgan fingerprint density at radius 2 is 2.10 bits per heavy atom. The molecule has 0 spiro atoms. The highest BCUT2D eigenvalue weighted by Gasteiger charge is 2.08. The van der Waals surface area contributed by atoms with Gasteiger partial charge in [0, 0.05) is 10.2 Å². The second kappa shape index (κ2) is 6.99. The molecule has 0 aliphatic carbocycles. The van der Waals surface area contributed by atoms with Gasteiger partial charge in [-0.1, -0.05) is 22.0 Å². The van der Waals surface area contributed by atoms with Crippen LogP contribution in [-0.4, -0.2) is 18.8 Å². The SMILES string of the molecule is O=Cc1cc(F)ccc1OCC(=O)Nc1cccc(Br)c1. The minimum absolute atomic E-state index is 0.0604. The molecule has 0 unspecified atom stereocenters. The number of carbonyl (C=O) groups excluding carboxylic acids is 2. The van der Waals surface area contributed by atoms with Crippen LogP contribution in [0, 0.1) is 5.82 Å². The van der Waals surface area contributed by atoms with Gasteiger partial charge in [0.05, 0.1) is 5.56 Å². The summed E-state index contributed by atoms with van der Waals surface area (Å²) in [6.07, 6.45) is 0.477.